The molecule has 0 aromatic carbocycles. The third-order valence-electron chi connectivity index (χ3n) is 3.45. The van der Waals surface area contributed by atoms with Crippen LogP contribution in [0.25, 0.3) is 0 Å². The van der Waals surface area contributed by atoms with Gasteiger partial charge in [-0.25, -0.2) is 0 Å². The Morgan fingerprint density at radius 2 is 1.35 bits per heavy atom. The zero-order valence-corrected chi connectivity index (χ0v) is 14.2. The SMILES string of the molecule is CCCCCCCCCCCC(NC(C)C)S(=O)(=O)O. The van der Waals surface area contributed by atoms with Crippen LogP contribution < -0.4 is 5.32 Å². The largest absolute Gasteiger partial charge is 0.297 e. The fraction of sp³-hybridized carbons (Fsp3) is 1.00. The van der Waals surface area contributed by atoms with Crippen LogP contribution in [-0.2, 0) is 10.1 Å². The first-order chi connectivity index (χ1) is 9.38. The molecule has 1 unspecified atom stereocenters. The molecule has 0 spiro atoms. The van der Waals surface area contributed by atoms with Crippen LogP contribution in [0.3, 0.4) is 0 Å². The van der Waals surface area contributed by atoms with E-state index < -0.39 is 15.5 Å². The Labute approximate surface area is 125 Å². The van der Waals surface area contributed by atoms with E-state index in [2.05, 4.69) is 12.2 Å². The maximum Gasteiger partial charge on any atom is 0.281 e. The normalized spacial score (nSPS) is 13.8. The Bertz CT molecular complexity index is 315. The first-order valence-electron chi connectivity index (χ1n) is 8.10. The molecule has 0 aromatic heterocycles. The summed E-state index contributed by atoms with van der Waals surface area (Å²) in [5.74, 6) is 0. The van der Waals surface area contributed by atoms with Crippen LogP contribution in [0.15, 0.2) is 0 Å². The van der Waals surface area contributed by atoms with Gasteiger partial charge in [0.05, 0.1) is 0 Å². The smallest absolute Gasteiger partial charge is 0.281 e. The molecular formula is C15H33NO3S. The lowest BCUT2D eigenvalue weighted by molar-refractivity contribution is 0.419. The summed E-state index contributed by atoms with van der Waals surface area (Å²) in [7, 11) is -3.98. The standard InChI is InChI=1S/C15H33NO3S/c1-4-5-6-7-8-9-10-11-12-13-15(16-14(2)3)20(17,18)19/h14-16H,4-13H2,1-3H3,(H,17,18,19). The molecule has 0 aliphatic carbocycles. The molecule has 122 valence electrons. The number of nitrogens with one attached hydrogen (secondary N) is 1. The molecule has 5 heteroatoms. The summed E-state index contributed by atoms with van der Waals surface area (Å²) in [6.07, 6.45) is 11.3. The summed E-state index contributed by atoms with van der Waals surface area (Å²) in [5.41, 5.74) is 0. The molecule has 0 saturated heterocycles. The van der Waals surface area contributed by atoms with E-state index in [0.29, 0.717) is 6.42 Å². The average molecular weight is 308 g/mol. The Balaban J connectivity index is 3.64. The third-order valence-corrected chi connectivity index (χ3v) is 4.54. The van der Waals surface area contributed by atoms with Gasteiger partial charge in [-0.3, -0.25) is 9.87 Å². The van der Waals surface area contributed by atoms with Gasteiger partial charge in [0.1, 0.15) is 5.37 Å². The second-order valence-electron chi connectivity index (χ2n) is 5.94. The zero-order valence-electron chi connectivity index (χ0n) is 13.4. The van der Waals surface area contributed by atoms with Crippen molar-refractivity contribution in [3.8, 4) is 0 Å². The summed E-state index contributed by atoms with van der Waals surface area (Å²) in [6.45, 7) is 5.99. The highest BCUT2D eigenvalue weighted by atomic mass is 32.2. The molecule has 0 rings (SSSR count). The summed E-state index contributed by atoms with van der Waals surface area (Å²) >= 11 is 0. The fourth-order valence-corrected chi connectivity index (χ4v) is 3.24. The van der Waals surface area contributed by atoms with Gasteiger partial charge in [-0.15, -0.1) is 0 Å². The number of hydrogen-bond donors (Lipinski definition) is 2. The predicted molar refractivity (Wildman–Crippen MR) is 85.5 cm³/mol. The maximum atomic E-state index is 11.2. The molecule has 0 radical (unpaired) electrons. The summed E-state index contributed by atoms with van der Waals surface area (Å²) in [4.78, 5) is 0. The fourth-order valence-electron chi connectivity index (χ4n) is 2.33. The van der Waals surface area contributed by atoms with E-state index >= 15 is 0 Å². The van der Waals surface area contributed by atoms with E-state index in [0.717, 1.165) is 19.3 Å². The quantitative estimate of drug-likeness (QED) is 0.397. The highest BCUT2D eigenvalue weighted by Gasteiger charge is 2.22. The van der Waals surface area contributed by atoms with Crippen LogP contribution >= 0.6 is 0 Å². The van der Waals surface area contributed by atoms with E-state index in [1.165, 1.54) is 38.5 Å². The molecule has 0 aliphatic heterocycles. The van der Waals surface area contributed by atoms with Crippen LogP contribution in [0.2, 0.25) is 0 Å². The van der Waals surface area contributed by atoms with Crippen molar-refractivity contribution in [2.45, 2.75) is 96.4 Å². The van der Waals surface area contributed by atoms with Crippen molar-refractivity contribution in [1.82, 2.24) is 5.32 Å². The van der Waals surface area contributed by atoms with Gasteiger partial charge >= 0.3 is 0 Å². The molecule has 0 heterocycles. The van der Waals surface area contributed by atoms with E-state index in [9.17, 15) is 8.42 Å². The Hall–Kier alpha value is -0.130. The lowest BCUT2D eigenvalue weighted by Crippen LogP contribution is -2.40. The van der Waals surface area contributed by atoms with Crippen LogP contribution in [0.5, 0.6) is 0 Å². The Morgan fingerprint density at radius 1 is 0.900 bits per heavy atom. The molecule has 4 nitrogen and oxygen atoms in total. The number of hydrogen-bond acceptors (Lipinski definition) is 3. The van der Waals surface area contributed by atoms with Crippen molar-refractivity contribution in [2.24, 2.45) is 0 Å². The number of rotatable bonds is 13. The van der Waals surface area contributed by atoms with Crippen molar-refractivity contribution in [3.05, 3.63) is 0 Å². The molecular weight excluding hydrogens is 274 g/mol. The van der Waals surface area contributed by atoms with Gasteiger partial charge in [0.15, 0.2) is 0 Å². The first-order valence-corrected chi connectivity index (χ1v) is 9.60. The van der Waals surface area contributed by atoms with Gasteiger partial charge in [-0.1, -0.05) is 64.7 Å². The monoisotopic (exact) mass is 307 g/mol. The first kappa shape index (κ1) is 19.9. The topological polar surface area (TPSA) is 66.4 Å². The zero-order chi connectivity index (χ0) is 15.4. The predicted octanol–water partition coefficient (Wildman–Crippen LogP) is 4.12. The van der Waals surface area contributed by atoms with Crippen molar-refractivity contribution >= 4 is 10.1 Å². The highest BCUT2D eigenvalue weighted by molar-refractivity contribution is 7.86. The van der Waals surface area contributed by atoms with Gasteiger partial charge in [0, 0.05) is 6.04 Å². The van der Waals surface area contributed by atoms with Crippen LogP contribution in [-0.4, -0.2) is 24.4 Å². The van der Waals surface area contributed by atoms with E-state index in [1.807, 2.05) is 13.8 Å². The second kappa shape index (κ2) is 11.5. The van der Waals surface area contributed by atoms with Crippen LogP contribution in [0.4, 0.5) is 0 Å². The minimum absolute atomic E-state index is 0.0560. The Kier molecular flexibility index (Phi) is 11.4. The van der Waals surface area contributed by atoms with Crippen molar-refractivity contribution in [3.63, 3.8) is 0 Å². The highest BCUT2D eigenvalue weighted by Crippen LogP contribution is 2.13. The van der Waals surface area contributed by atoms with Gasteiger partial charge in [-0.05, 0) is 20.3 Å². The molecule has 2 N–H and O–H groups in total. The minimum atomic E-state index is -3.98. The maximum absolute atomic E-state index is 11.2. The van der Waals surface area contributed by atoms with E-state index in [-0.39, 0.29) is 6.04 Å². The molecule has 1 atom stereocenters. The molecule has 0 saturated carbocycles. The van der Waals surface area contributed by atoms with Gasteiger partial charge in [0.2, 0.25) is 0 Å². The summed E-state index contributed by atoms with van der Waals surface area (Å²) in [5, 5.41) is 2.09. The van der Waals surface area contributed by atoms with Gasteiger partial charge in [-0.2, -0.15) is 8.42 Å². The molecule has 0 aliphatic rings. The minimum Gasteiger partial charge on any atom is -0.297 e. The molecule has 0 amide bonds. The van der Waals surface area contributed by atoms with Crippen LogP contribution in [0.1, 0.15) is 85.0 Å². The number of unbranched alkanes of at least 4 members (excludes halogenated alkanes) is 8. The average Bonchev–Trinajstić information content (AvgIpc) is 2.33. The lowest BCUT2D eigenvalue weighted by atomic mass is 10.1. The van der Waals surface area contributed by atoms with Crippen molar-refractivity contribution in [2.75, 3.05) is 0 Å². The van der Waals surface area contributed by atoms with E-state index in [1.54, 1.807) is 0 Å². The van der Waals surface area contributed by atoms with E-state index in [4.69, 9.17) is 4.55 Å². The molecule has 20 heavy (non-hydrogen) atoms. The summed E-state index contributed by atoms with van der Waals surface area (Å²) < 4.78 is 31.6. The molecule has 0 bridgehead atoms. The van der Waals surface area contributed by atoms with Gasteiger partial charge < -0.3 is 0 Å². The third kappa shape index (κ3) is 11.7. The van der Waals surface area contributed by atoms with Crippen LogP contribution in [0, 0.1) is 0 Å². The Morgan fingerprint density at radius 3 is 1.75 bits per heavy atom. The molecule has 0 fully saturated rings. The van der Waals surface area contributed by atoms with Gasteiger partial charge in [0.25, 0.3) is 10.1 Å². The molecule has 0 aromatic rings. The van der Waals surface area contributed by atoms with Crippen molar-refractivity contribution in [1.29, 1.82) is 0 Å². The van der Waals surface area contributed by atoms with Crippen molar-refractivity contribution < 1.29 is 13.0 Å². The lowest BCUT2D eigenvalue weighted by Gasteiger charge is -2.18. The second-order valence-corrected chi connectivity index (χ2v) is 7.54. The summed E-state index contributed by atoms with van der Waals surface area (Å²) in [6, 6.07) is 0.0560.